The van der Waals surface area contributed by atoms with Gasteiger partial charge in [0.1, 0.15) is 12.4 Å². The first kappa shape index (κ1) is 13.1. The molecule has 1 amide bonds. The lowest BCUT2D eigenvalue weighted by atomic mass is 10.1. The van der Waals surface area contributed by atoms with Gasteiger partial charge in [0.05, 0.1) is 12.2 Å². The van der Waals surface area contributed by atoms with E-state index < -0.39 is 5.97 Å². The molecule has 0 spiro atoms. The van der Waals surface area contributed by atoms with Gasteiger partial charge in [0.25, 0.3) is 5.91 Å². The van der Waals surface area contributed by atoms with Gasteiger partial charge in [-0.2, -0.15) is 0 Å². The molecular formula is C14H15NO4. The highest BCUT2D eigenvalue weighted by molar-refractivity contribution is 6.05. The summed E-state index contributed by atoms with van der Waals surface area (Å²) in [6.45, 7) is 4.69. The molecule has 0 unspecified atom stereocenters. The van der Waals surface area contributed by atoms with Crippen molar-refractivity contribution in [1.29, 1.82) is 0 Å². The van der Waals surface area contributed by atoms with Gasteiger partial charge in [0.15, 0.2) is 0 Å². The van der Waals surface area contributed by atoms with Crippen LogP contribution >= 0.6 is 0 Å². The summed E-state index contributed by atoms with van der Waals surface area (Å²) in [5.74, 6) is -0.798. The minimum atomic E-state index is -1.14. The second-order valence-electron chi connectivity index (χ2n) is 4.44. The molecule has 0 radical (unpaired) electrons. The van der Waals surface area contributed by atoms with Gasteiger partial charge in [-0.05, 0) is 31.0 Å². The summed E-state index contributed by atoms with van der Waals surface area (Å²) >= 11 is 0. The number of nitrogens with zero attached hydrogens (tertiary/aromatic N) is 1. The Kier molecular flexibility index (Phi) is 3.55. The predicted molar refractivity (Wildman–Crippen MR) is 70.5 cm³/mol. The number of fused-ring (bicyclic) bond motifs is 1. The van der Waals surface area contributed by atoms with E-state index in [0.29, 0.717) is 24.6 Å². The van der Waals surface area contributed by atoms with Crippen molar-refractivity contribution < 1.29 is 19.4 Å². The van der Waals surface area contributed by atoms with Gasteiger partial charge in [-0.3, -0.25) is 4.79 Å². The zero-order chi connectivity index (χ0) is 14.0. The number of carboxylic acids is 1. The molecule has 5 nitrogen and oxygen atoms in total. The van der Waals surface area contributed by atoms with Crippen LogP contribution in [-0.2, 0) is 9.59 Å². The van der Waals surface area contributed by atoms with E-state index in [-0.39, 0.29) is 5.91 Å². The third-order valence-corrected chi connectivity index (χ3v) is 2.89. The number of hydrogen-bond donors (Lipinski definition) is 1. The lowest BCUT2D eigenvalue weighted by molar-refractivity contribution is -0.131. The molecule has 1 heterocycles. The molecule has 5 heteroatoms. The number of amides is 1. The van der Waals surface area contributed by atoms with E-state index >= 15 is 0 Å². The number of anilines is 1. The van der Waals surface area contributed by atoms with Gasteiger partial charge in [-0.25, -0.2) is 4.79 Å². The summed E-state index contributed by atoms with van der Waals surface area (Å²) in [4.78, 5) is 24.0. The number of carbonyl (C=O) groups is 2. The molecule has 0 saturated carbocycles. The first-order valence-electron chi connectivity index (χ1n) is 5.95. The van der Waals surface area contributed by atoms with Crippen molar-refractivity contribution in [1.82, 2.24) is 0 Å². The summed E-state index contributed by atoms with van der Waals surface area (Å²) < 4.78 is 5.58. The van der Waals surface area contributed by atoms with Gasteiger partial charge in [0, 0.05) is 12.2 Å². The zero-order valence-electron chi connectivity index (χ0n) is 10.8. The number of carbonyl (C=O) groups excluding carboxylic acids is 1. The Labute approximate surface area is 111 Å². The van der Waals surface area contributed by atoms with Crippen LogP contribution in [0.2, 0.25) is 0 Å². The first-order chi connectivity index (χ1) is 8.99. The molecule has 0 saturated heterocycles. The van der Waals surface area contributed by atoms with Crippen molar-refractivity contribution >= 4 is 17.6 Å². The topological polar surface area (TPSA) is 66.8 Å². The van der Waals surface area contributed by atoms with Gasteiger partial charge in [0.2, 0.25) is 0 Å². The van der Waals surface area contributed by atoms with Gasteiger partial charge in [-0.1, -0.05) is 6.07 Å². The zero-order valence-corrected chi connectivity index (χ0v) is 10.8. The molecule has 1 aromatic rings. The number of benzene rings is 1. The molecule has 1 aliphatic rings. The highest BCUT2D eigenvalue weighted by atomic mass is 16.5. The molecule has 19 heavy (non-hydrogen) atoms. The second kappa shape index (κ2) is 5.14. The monoisotopic (exact) mass is 261 g/mol. The molecule has 1 aliphatic heterocycles. The summed E-state index contributed by atoms with van der Waals surface area (Å²) in [5, 5.41) is 8.56. The lowest BCUT2D eigenvalue weighted by Gasteiger charge is -2.30. The molecule has 0 fully saturated rings. The maximum Gasteiger partial charge on any atom is 0.328 e. The standard InChI is InChI=1S/C14H15NO4/c1-9-7-10(2)14-11(8-9)15(5-6-19-14)12(16)3-4-13(17)18/h3-4,7-8H,5-6H2,1-2H3,(H,17,18). The fourth-order valence-electron chi connectivity index (χ4n) is 2.14. The van der Waals surface area contributed by atoms with Crippen LogP contribution in [0.15, 0.2) is 24.3 Å². The van der Waals surface area contributed by atoms with Crippen LogP contribution in [0, 0.1) is 13.8 Å². The van der Waals surface area contributed by atoms with E-state index in [1.807, 2.05) is 26.0 Å². The average Bonchev–Trinajstić information content (AvgIpc) is 2.35. The van der Waals surface area contributed by atoms with Crippen LogP contribution in [0.1, 0.15) is 11.1 Å². The van der Waals surface area contributed by atoms with Crippen LogP contribution in [-0.4, -0.2) is 30.1 Å². The smallest absolute Gasteiger partial charge is 0.328 e. The number of rotatable bonds is 2. The van der Waals surface area contributed by atoms with Gasteiger partial charge in [-0.15, -0.1) is 0 Å². The molecule has 0 bridgehead atoms. The number of carboxylic acid groups (broad SMARTS) is 1. The molecule has 0 aromatic heterocycles. The molecule has 0 aliphatic carbocycles. The summed E-state index contributed by atoms with van der Waals surface area (Å²) in [6, 6.07) is 3.86. The molecule has 2 rings (SSSR count). The molecular weight excluding hydrogens is 246 g/mol. The highest BCUT2D eigenvalue weighted by Crippen LogP contribution is 2.35. The Hall–Kier alpha value is -2.30. The van der Waals surface area contributed by atoms with Crippen LogP contribution in [0.5, 0.6) is 5.75 Å². The number of hydrogen-bond acceptors (Lipinski definition) is 3. The Balaban J connectivity index is 2.37. The van der Waals surface area contributed by atoms with E-state index in [1.165, 1.54) is 4.90 Å². The fourth-order valence-corrected chi connectivity index (χ4v) is 2.14. The van der Waals surface area contributed by atoms with Gasteiger partial charge >= 0.3 is 5.97 Å². The van der Waals surface area contributed by atoms with E-state index in [4.69, 9.17) is 9.84 Å². The Morgan fingerprint density at radius 2 is 2.05 bits per heavy atom. The normalized spacial score (nSPS) is 14.1. The van der Waals surface area contributed by atoms with Crippen molar-refractivity contribution in [2.45, 2.75) is 13.8 Å². The van der Waals surface area contributed by atoms with Crippen molar-refractivity contribution in [2.75, 3.05) is 18.1 Å². The summed E-state index contributed by atoms with van der Waals surface area (Å²) in [7, 11) is 0. The van der Waals surface area contributed by atoms with E-state index in [9.17, 15) is 9.59 Å². The molecule has 0 atom stereocenters. The van der Waals surface area contributed by atoms with Crippen molar-refractivity contribution in [2.24, 2.45) is 0 Å². The van der Waals surface area contributed by atoms with Crippen LogP contribution in [0.25, 0.3) is 0 Å². The molecule has 1 N–H and O–H groups in total. The van der Waals surface area contributed by atoms with E-state index in [0.717, 1.165) is 23.3 Å². The van der Waals surface area contributed by atoms with Crippen molar-refractivity contribution in [3.63, 3.8) is 0 Å². The van der Waals surface area contributed by atoms with E-state index in [1.54, 1.807) is 0 Å². The van der Waals surface area contributed by atoms with Crippen LogP contribution in [0.4, 0.5) is 5.69 Å². The van der Waals surface area contributed by atoms with Crippen LogP contribution in [0.3, 0.4) is 0 Å². The Morgan fingerprint density at radius 3 is 2.74 bits per heavy atom. The minimum Gasteiger partial charge on any atom is -0.489 e. The maximum atomic E-state index is 12.0. The minimum absolute atomic E-state index is 0.350. The Morgan fingerprint density at radius 1 is 1.32 bits per heavy atom. The summed E-state index contributed by atoms with van der Waals surface area (Å²) in [5.41, 5.74) is 2.69. The second-order valence-corrected chi connectivity index (χ2v) is 4.44. The van der Waals surface area contributed by atoms with Crippen molar-refractivity contribution in [3.05, 3.63) is 35.4 Å². The SMILES string of the molecule is Cc1cc(C)c2c(c1)N(C(=O)C=CC(=O)O)CCO2. The third-order valence-electron chi connectivity index (χ3n) is 2.89. The largest absolute Gasteiger partial charge is 0.489 e. The number of ether oxygens (including phenoxy) is 1. The third kappa shape index (κ3) is 2.76. The summed E-state index contributed by atoms with van der Waals surface area (Å²) in [6.07, 6.45) is 1.91. The fraction of sp³-hybridized carbons (Fsp3) is 0.286. The lowest BCUT2D eigenvalue weighted by Crippen LogP contribution is -2.37. The molecule has 100 valence electrons. The first-order valence-corrected chi connectivity index (χ1v) is 5.95. The predicted octanol–water partition coefficient (Wildman–Crippen LogP) is 1.67. The maximum absolute atomic E-state index is 12.0. The molecule has 1 aromatic carbocycles. The van der Waals surface area contributed by atoms with E-state index in [2.05, 4.69) is 0 Å². The highest BCUT2D eigenvalue weighted by Gasteiger charge is 2.23. The van der Waals surface area contributed by atoms with Crippen molar-refractivity contribution in [3.8, 4) is 5.75 Å². The average molecular weight is 261 g/mol. The van der Waals surface area contributed by atoms with Gasteiger partial charge < -0.3 is 14.7 Å². The van der Waals surface area contributed by atoms with Crippen LogP contribution < -0.4 is 9.64 Å². The number of aryl methyl sites for hydroxylation is 2. The Bertz CT molecular complexity index is 563. The quantitative estimate of drug-likeness (QED) is 0.822. The number of aliphatic carboxylic acids is 1.